The van der Waals surface area contributed by atoms with Gasteiger partial charge in [0.05, 0.1) is 26.2 Å². The SMILES string of the molecule is O=C(c1cccc(F)c1)N(/N=C/c1ccc([N+](=O)[O-])s1)c1nc2ccc(Br)cc2s1. The van der Waals surface area contributed by atoms with Crippen molar-refractivity contribution in [3.63, 3.8) is 0 Å². The quantitative estimate of drug-likeness (QED) is 0.193. The number of carbonyl (C=O) groups excluding carboxylic acids is 1. The highest BCUT2D eigenvalue weighted by Crippen LogP contribution is 2.32. The highest BCUT2D eigenvalue weighted by Gasteiger charge is 2.22. The van der Waals surface area contributed by atoms with E-state index in [2.05, 4.69) is 26.0 Å². The maximum atomic E-state index is 13.6. The van der Waals surface area contributed by atoms with Gasteiger partial charge in [-0.15, -0.1) is 0 Å². The van der Waals surface area contributed by atoms with Crippen LogP contribution in [0.1, 0.15) is 15.2 Å². The molecule has 11 heteroatoms. The third-order valence-electron chi connectivity index (χ3n) is 3.88. The van der Waals surface area contributed by atoms with Crippen LogP contribution in [0, 0.1) is 15.9 Å². The Hall–Kier alpha value is -3.02. The van der Waals surface area contributed by atoms with E-state index in [0.717, 1.165) is 31.6 Å². The molecule has 0 N–H and O–H groups in total. The van der Waals surface area contributed by atoms with E-state index in [4.69, 9.17) is 0 Å². The number of thiazole rings is 1. The molecule has 0 unspecified atom stereocenters. The number of amides is 1. The van der Waals surface area contributed by atoms with E-state index in [1.54, 1.807) is 6.07 Å². The lowest BCUT2D eigenvalue weighted by molar-refractivity contribution is -0.380. The van der Waals surface area contributed by atoms with E-state index >= 15 is 0 Å². The Bertz CT molecular complexity index is 1300. The van der Waals surface area contributed by atoms with Crippen molar-refractivity contribution in [2.75, 3.05) is 5.01 Å². The summed E-state index contributed by atoms with van der Waals surface area (Å²) in [4.78, 5) is 28.4. The summed E-state index contributed by atoms with van der Waals surface area (Å²) in [5, 5.41) is 16.4. The Balaban J connectivity index is 1.75. The molecule has 0 spiro atoms. The van der Waals surface area contributed by atoms with Gasteiger partial charge in [-0.25, -0.2) is 9.37 Å². The molecule has 2 heterocycles. The summed E-state index contributed by atoms with van der Waals surface area (Å²) in [7, 11) is 0. The molecule has 0 saturated heterocycles. The van der Waals surface area contributed by atoms with Crippen molar-refractivity contribution in [3.8, 4) is 0 Å². The van der Waals surface area contributed by atoms with Crippen LogP contribution < -0.4 is 5.01 Å². The topological polar surface area (TPSA) is 88.7 Å². The zero-order valence-corrected chi connectivity index (χ0v) is 18.1. The van der Waals surface area contributed by atoms with Crippen molar-refractivity contribution < 1.29 is 14.1 Å². The minimum Gasteiger partial charge on any atom is -0.267 e. The first-order valence-corrected chi connectivity index (χ1v) is 10.8. The normalized spacial score (nSPS) is 11.3. The summed E-state index contributed by atoms with van der Waals surface area (Å²) >= 11 is 5.57. The van der Waals surface area contributed by atoms with Crippen LogP contribution in [0.25, 0.3) is 10.2 Å². The second-order valence-electron chi connectivity index (χ2n) is 5.91. The van der Waals surface area contributed by atoms with E-state index in [-0.39, 0.29) is 10.6 Å². The lowest BCUT2D eigenvalue weighted by Crippen LogP contribution is -2.25. The Labute approximate surface area is 185 Å². The first-order valence-electron chi connectivity index (χ1n) is 8.35. The van der Waals surface area contributed by atoms with Crippen molar-refractivity contribution in [2.24, 2.45) is 5.10 Å². The Morgan fingerprint density at radius 3 is 2.77 bits per heavy atom. The fourth-order valence-electron chi connectivity index (χ4n) is 2.53. The molecule has 150 valence electrons. The maximum Gasteiger partial charge on any atom is 0.324 e. The van der Waals surface area contributed by atoms with E-state index in [1.165, 1.54) is 47.9 Å². The molecule has 4 rings (SSSR count). The van der Waals surface area contributed by atoms with Crippen LogP contribution in [0.2, 0.25) is 0 Å². The van der Waals surface area contributed by atoms with Crippen molar-refractivity contribution in [1.29, 1.82) is 0 Å². The molecule has 0 bridgehead atoms. The van der Waals surface area contributed by atoms with E-state index in [0.29, 0.717) is 15.5 Å². The zero-order chi connectivity index (χ0) is 21.3. The lowest BCUT2D eigenvalue weighted by atomic mass is 10.2. The lowest BCUT2D eigenvalue weighted by Gasteiger charge is -2.13. The largest absolute Gasteiger partial charge is 0.324 e. The van der Waals surface area contributed by atoms with E-state index in [9.17, 15) is 19.3 Å². The second-order valence-corrected chi connectivity index (χ2v) is 8.93. The number of anilines is 1. The fourth-order valence-corrected chi connectivity index (χ4v) is 4.70. The smallest absolute Gasteiger partial charge is 0.267 e. The zero-order valence-electron chi connectivity index (χ0n) is 14.9. The van der Waals surface area contributed by atoms with Gasteiger partial charge in [0.1, 0.15) is 5.82 Å². The van der Waals surface area contributed by atoms with Gasteiger partial charge in [-0.05, 0) is 42.5 Å². The summed E-state index contributed by atoms with van der Waals surface area (Å²) in [6, 6.07) is 13.7. The molecule has 7 nitrogen and oxygen atoms in total. The minimum absolute atomic E-state index is 0.0377. The maximum absolute atomic E-state index is 13.6. The third-order valence-corrected chi connectivity index (χ3v) is 6.34. The first kappa shape index (κ1) is 20.3. The van der Waals surface area contributed by atoms with Crippen LogP contribution in [0.4, 0.5) is 14.5 Å². The van der Waals surface area contributed by atoms with Gasteiger partial charge in [0.2, 0.25) is 5.13 Å². The summed E-state index contributed by atoms with van der Waals surface area (Å²) in [6.45, 7) is 0. The molecule has 4 aromatic rings. The van der Waals surface area contributed by atoms with Gasteiger partial charge in [-0.1, -0.05) is 44.7 Å². The van der Waals surface area contributed by atoms with Crippen LogP contribution >= 0.6 is 38.6 Å². The van der Waals surface area contributed by atoms with Crippen LogP contribution in [0.15, 0.2) is 64.2 Å². The Morgan fingerprint density at radius 1 is 1.20 bits per heavy atom. The van der Waals surface area contributed by atoms with Gasteiger partial charge in [0.15, 0.2) is 0 Å². The molecule has 0 saturated carbocycles. The van der Waals surface area contributed by atoms with Crippen molar-refractivity contribution in [1.82, 2.24) is 4.98 Å². The fraction of sp³-hybridized carbons (Fsp3) is 0. The molecule has 0 atom stereocenters. The van der Waals surface area contributed by atoms with Gasteiger partial charge < -0.3 is 0 Å². The van der Waals surface area contributed by atoms with Crippen molar-refractivity contribution in [2.45, 2.75) is 0 Å². The van der Waals surface area contributed by atoms with Crippen LogP contribution in [0.3, 0.4) is 0 Å². The number of thiophene rings is 1. The van der Waals surface area contributed by atoms with Crippen molar-refractivity contribution in [3.05, 3.63) is 85.4 Å². The standard InChI is InChI=1S/C19H10BrFN4O3S2/c20-12-4-6-15-16(9-12)30-19(23-15)24(18(26)11-2-1-3-13(21)8-11)22-10-14-5-7-17(29-14)25(27)28/h1-10H/b22-10+. The molecule has 1 amide bonds. The molecular weight excluding hydrogens is 495 g/mol. The molecule has 30 heavy (non-hydrogen) atoms. The summed E-state index contributed by atoms with van der Waals surface area (Å²) in [5.41, 5.74) is 0.780. The second kappa shape index (κ2) is 8.38. The number of nitrogens with zero attached hydrogens (tertiary/aromatic N) is 4. The predicted octanol–water partition coefficient (Wildman–Crippen LogP) is 5.85. The highest BCUT2D eigenvalue weighted by atomic mass is 79.9. The average Bonchev–Trinajstić information content (AvgIpc) is 3.35. The number of fused-ring (bicyclic) bond motifs is 1. The molecular formula is C19H10BrFN4O3S2. The molecule has 0 aliphatic carbocycles. The summed E-state index contributed by atoms with van der Waals surface area (Å²) in [6.07, 6.45) is 1.34. The monoisotopic (exact) mass is 504 g/mol. The first-order chi connectivity index (χ1) is 14.4. The molecule has 2 aromatic heterocycles. The number of aromatic nitrogens is 1. The number of benzene rings is 2. The van der Waals surface area contributed by atoms with E-state index < -0.39 is 16.6 Å². The highest BCUT2D eigenvalue weighted by molar-refractivity contribution is 9.10. The molecule has 0 fully saturated rings. The van der Waals surface area contributed by atoms with Gasteiger partial charge in [0.25, 0.3) is 5.91 Å². The number of halogens is 2. The van der Waals surface area contributed by atoms with Gasteiger partial charge in [-0.3, -0.25) is 14.9 Å². The Morgan fingerprint density at radius 2 is 2.03 bits per heavy atom. The number of hydrogen-bond donors (Lipinski definition) is 0. The van der Waals surface area contributed by atoms with E-state index in [1.807, 2.05) is 12.1 Å². The van der Waals surface area contributed by atoms with Crippen molar-refractivity contribution >= 4 is 71.1 Å². The summed E-state index contributed by atoms with van der Waals surface area (Å²) in [5.74, 6) is -1.12. The van der Waals surface area contributed by atoms with Gasteiger partial charge in [-0.2, -0.15) is 10.1 Å². The van der Waals surface area contributed by atoms with Crippen LogP contribution in [-0.4, -0.2) is 22.0 Å². The minimum atomic E-state index is -0.574. The number of carbonyl (C=O) groups is 1. The van der Waals surface area contributed by atoms with Crippen LogP contribution in [-0.2, 0) is 0 Å². The molecule has 0 radical (unpaired) electrons. The van der Waals surface area contributed by atoms with Gasteiger partial charge in [0, 0.05) is 16.1 Å². The average molecular weight is 505 g/mol. The summed E-state index contributed by atoms with van der Waals surface area (Å²) < 4.78 is 15.3. The Kier molecular flexibility index (Phi) is 5.66. The van der Waals surface area contributed by atoms with Gasteiger partial charge >= 0.3 is 5.00 Å². The van der Waals surface area contributed by atoms with Crippen LogP contribution in [0.5, 0.6) is 0 Å². The number of rotatable bonds is 5. The number of nitro groups is 1. The molecule has 0 aliphatic rings. The number of hydrazone groups is 1. The predicted molar refractivity (Wildman–Crippen MR) is 119 cm³/mol. The third kappa shape index (κ3) is 4.27. The number of hydrogen-bond acceptors (Lipinski definition) is 7. The molecule has 0 aliphatic heterocycles. The molecule has 2 aromatic carbocycles.